The first kappa shape index (κ1) is 8.83. The highest BCUT2D eigenvalue weighted by molar-refractivity contribution is 7.86. The largest absolute Gasteiger partial charge is 0.298 e. The maximum Gasteiger partial charge on any atom is 0.298 e. The first-order valence-electron chi connectivity index (χ1n) is 2.38. The van der Waals surface area contributed by atoms with Crippen molar-refractivity contribution in [1.29, 1.82) is 0 Å². The van der Waals surface area contributed by atoms with Gasteiger partial charge in [-0.25, -0.2) is 5.14 Å². The first-order chi connectivity index (χ1) is 3.98. The smallest absolute Gasteiger partial charge is 0.284 e. The fourth-order valence-electron chi connectivity index (χ4n) is 0.255. The minimum absolute atomic E-state index is 0.285. The summed E-state index contributed by atoms with van der Waals surface area (Å²) in [5.41, 5.74) is 0. The highest BCUT2D eigenvalue weighted by atomic mass is 32.2. The Morgan fingerprint density at radius 1 is 1.67 bits per heavy atom. The van der Waals surface area contributed by atoms with Gasteiger partial charge in [-0.1, -0.05) is 4.47 Å². The van der Waals surface area contributed by atoms with Crippen molar-refractivity contribution in [3.8, 4) is 0 Å². The fourth-order valence-corrected chi connectivity index (χ4v) is 0.508. The van der Waals surface area contributed by atoms with Crippen LogP contribution >= 0.6 is 0 Å². The quantitative estimate of drug-likeness (QED) is 0.534. The van der Waals surface area contributed by atoms with E-state index >= 15 is 0 Å². The molecule has 0 aromatic rings. The van der Waals surface area contributed by atoms with Crippen LogP contribution in [0.25, 0.3) is 0 Å². The van der Waals surface area contributed by atoms with Gasteiger partial charge in [0.25, 0.3) is 10.2 Å². The zero-order chi connectivity index (χ0) is 7.49. The third-order valence-corrected chi connectivity index (χ3v) is 1.49. The van der Waals surface area contributed by atoms with Gasteiger partial charge in [0.05, 0.1) is 6.61 Å². The van der Waals surface area contributed by atoms with E-state index in [1.807, 2.05) is 0 Å². The second-order valence-corrected chi connectivity index (χ2v) is 2.92. The van der Waals surface area contributed by atoms with Crippen molar-refractivity contribution >= 4 is 10.2 Å². The van der Waals surface area contributed by atoms with Crippen LogP contribution in [0.15, 0.2) is 0 Å². The van der Waals surface area contributed by atoms with E-state index in [-0.39, 0.29) is 6.61 Å². The fraction of sp³-hybridized carbons (Fsp3) is 1.00. The molecular weight excluding hydrogens is 144 g/mol. The molecule has 0 heterocycles. The summed E-state index contributed by atoms with van der Waals surface area (Å²) in [6.45, 7) is 1.95. The van der Waals surface area contributed by atoms with Gasteiger partial charge in [0, 0.05) is 7.05 Å². The summed E-state index contributed by atoms with van der Waals surface area (Å²) >= 11 is 0. The monoisotopic (exact) mass is 154 g/mol. The van der Waals surface area contributed by atoms with Crippen LogP contribution < -0.4 is 5.14 Å². The molecule has 0 aromatic carbocycles. The topological polar surface area (TPSA) is 72.6 Å². The lowest BCUT2D eigenvalue weighted by atomic mass is 10.9. The normalized spacial score (nSPS) is 12.4. The minimum atomic E-state index is -3.65. The highest BCUT2D eigenvalue weighted by Gasteiger charge is 2.09. The zero-order valence-corrected chi connectivity index (χ0v) is 6.18. The van der Waals surface area contributed by atoms with Crippen LogP contribution in [-0.2, 0) is 15.0 Å². The summed E-state index contributed by atoms with van der Waals surface area (Å²) in [7, 11) is -2.42. The van der Waals surface area contributed by atoms with Crippen molar-refractivity contribution in [2.24, 2.45) is 5.14 Å². The summed E-state index contributed by atoms with van der Waals surface area (Å²) in [6, 6.07) is 0. The van der Waals surface area contributed by atoms with E-state index in [0.29, 0.717) is 4.47 Å². The van der Waals surface area contributed by atoms with E-state index in [4.69, 9.17) is 0 Å². The van der Waals surface area contributed by atoms with Gasteiger partial charge in [0.1, 0.15) is 0 Å². The molecule has 0 aliphatic rings. The lowest BCUT2D eigenvalue weighted by Gasteiger charge is -2.10. The summed E-state index contributed by atoms with van der Waals surface area (Å²) in [6.07, 6.45) is 0. The molecule has 5 nitrogen and oxygen atoms in total. The lowest BCUT2D eigenvalue weighted by molar-refractivity contribution is -0.0577. The van der Waals surface area contributed by atoms with E-state index in [2.05, 4.69) is 9.98 Å². The second-order valence-electron chi connectivity index (χ2n) is 1.37. The Kier molecular flexibility index (Phi) is 3.06. The predicted molar refractivity (Wildman–Crippen MR) is 32.5 cm³/mol. The maximum absolute atomic E-state index is 10.3. The van der Waals surface area contributed by atoms with Gasteiger partial charge in [-0.15, -0.1) is 0 Å². The van der Waals surface area contributed by atoms with Gasteiger partial charge >= 0.3 is 0 Å². The molecule has 6 heteroatoms. The van der Waals surface area contributed by atoms with Gasteiger partial charge in [0.2, 0.25) is 0 Å². The van der Waals surface area contributed by atoms with Gasteiger partial charge in [-0.05, 0) is 6.92 Å². The van der Waals surface area contributed by atoms with E-state index < -0.39 is 10.2 Å². The number of hydrogen-bond acceptors (Lipinski definition) is 3. The summed E-state index contributed by atoms with van der Waals surface area (Å²) in [5.74, 6) is 0. The molecular formula is C3H10N2O3S. The molecule has 0 saturated carbocycles. The van der Waals surface area contributed by atoms with Gasteiger partial charge < -0.3 is 0 Å². The predicted octanol–water partition coefficient (Wildman–Crippen LogP) is -0.927. The Labute approximate surface area is 54.5 Å². The standard InChI is InChI=1S/C3H10N2O3S/c1-3-8-5(2)9(4,6)7/h3H2,1-2H3,(H2,4,6,7). The Balaban J connectivity index is 3.90. The van der Waals surface area contributed by atoms with Crippen molar-refractivity contribution in [3.05, 3.63) is 0 Å². The Bertz CT molecular complexity index is 164. The minimum Gasteiger partial charge on any atom is -0.284 e. The molecule has 0 bridgehead atoms. The molecule has 0 atom stereocenters. The maximum atomic E-state index is 10.3. The van der Waals surface area contributed by atoms with Crippen LogP contribution in [0.3, 0.4) is 0 Å². The van der Waals surface area contributed by atoms with Crippen LogP contribution in [0, 0.1) is 0 Å². The van der Waals surface area contributed by atoms with E-state index in [0.717, 1.165) is 0 Å². The van der Waals surface area contributed by atoms with Crippen molar-refractivity contribution in [2.45, 2.75) is 6.92 Å². The van der Waals surface area contributed by atoms with Gasteiger partial charge in [-0.2, -0.15) is 8.42 Å². The SMILES string of the molecule is CCON(C)S(N)(=O)=O. The molecule has 2 N–H and O–H groups in total. The van der Waals surface area contributed by atoms with Crippen LogP contribution in [0.4, 0.5) is 0 Å². The van der Waals surface area contributed by atoms with Crippen molar-refractivity contribution < 1.29 is 13.3 Å². The average Bonchev–Trinajstić information content (AvgIpc) is 1.64. The number of rotatable bonds is 3. The lowest BCUT2D eigenvalue weighted by Crippen LogP contribution is -2.33. The number of hydroxylamine groups is 1. The molecule has 0 radical (unpaired) electrons. The third kappa shape index (κ3) is 3.41. The zero-order valence-electron chi connectivity index (χ0n) is 5.36. The van der Waals surface area contributed by atoms with Gasteiger partial charge in [0.15, 0.2) is 0 Å². The van der Waals surface area contributed by atoms with Crippen LogP contribution in [0.1, 0.15) is 6.92 Å². The summed E-state index contributed by atoms with van der Waals surface area (Å²) in [4.78, 5) is 4.53. The second kappa shape index (κ2) is 3.11. The molecule has 0 aromatic heterocycles. The average molecular weight is 154 g/mol. The number of nitrogens with zero attached hydrogens (tertiary/aromatic N) is 1. The molecule has 0 rings (SSSR count). The Hall–Kier alpha value is -0.170. The van der Waals surface area contributed by atoms with Crippen molar-refractivity contribution in [1.82, 2.24) is 4.47 Å². The highest BCUT2D eigenvalue weighted by Crippen LogP contribution is 1.88. The molecule has 0 spiro atoms. The van der Waals surface area contributed by atoms with Crippen LogP contribution in [-0.4, -0.2) is 26.5 Å². The van der Waals surface area contributed by atoms with E-state index in [9.17, 15) is 8.42 Å². The molecule has 0 aliphatic heterocycles. The molecule has 0 saturated heterocycles. The van der Waals surface area contributed by atoms with E-state index in [1.165, 1.54) is 7.05 Å². The van der Waals surface area contributed by atoms with E-state index in [1.54, 1.807) is 6.92 Å². The van der Waals surface area contributed by atoms with Crippen LogP contribution in [0.5, 0.6) is 0 Å². The molecule has 56 valence electrons. The molecule has 9 heavy (non-hydrogen) atoms. The first-order valence-corrected chi connectivity index (χ1v) is 3.88. The summed E-state index contributed by atoms with van der Waals surface area (Å²) in [5, 5.41) is 4.64. The Morgan fingerprint density at radius 2 is 2.11 bits per heavy atom. The molecule has 0 unspecified atom stereocenters. The number of hydrogen-bond donors (Lipinski definition) is 1. The van der Waals surface area contributed by atoms with Crippen molar-refractivity contribution in [2.75, 3.05) is 13.7 Å². The summed E-state index contributed by atoms with van der Waals surface area (Å²) < 4.78 is 21.2. The number of nitrogens with two attached hydrogens (primary N) is 1. The molecule has 0 aliphatic carbocycles. The molecule has 0 fully saturated rings. The van der Waals surface area contributed by atoms with Crippen molar-refractivity contribution in [3.63, 3.8) is 0 Å². The third-order valence-electron chi connectivity index (χ3n) is 0.669. The van der Waals surface area contributed by atoms with Gasteiger partial charge in [-0.3, -0.25) is 4.84 Å². The van der Waals surface area contributed by atoms with Crippen LogP contribution in [0.2, 0.25) is 0 Å². The molecule has 0 amide bonds. The Morgan fingerprint density at radius 3 is 2.22 bits per heavy atom.